The summed E-state index contributed by atoms with van der Waals surface area (Å²) in [6, 6.07) is 12.0. The van der Waals surface area contributed by atoms with Gasteiger partial charge in [-0.25, -0.2) is 13.1 Å². The zero-order valence-corrected chi connectivity index (χ0v) is 17.6. The lowest BCUT2D eigenvalue weighted by Crippen LogP contribution is -2.42. The monoisotopic (exact) mass is 419 g/mol. The Bertz CT molecular complexity index is 980. The molecule has 0 aliphatic carbocycles. The van der Waals surface area contributed by atoms with Gasteiger partial charge in [0.05, 0.1) is 11.5 Å². The van der Waals surface area contributed by atoms with Crippen LogP contribution in [0.3, 0.4) is 0 Å². The molecule has 0 radical (unpaired) electrons. The van der Waals surface area contributed by atoms with E-state index >= 15 is 0 Å². The van der Waals surface area contributed by atoms with E-state index in [0.717, 1.165) is 0 Å². The summed E-state index contributed by atoms with van der Waals surface area (Å²) in [6.07, 6.45) is 0. The van der Waals surface area contributed by atoms with Crippen molar-refractivity contribution in [1.29, 1.82) is 0 Å². The number of benzene rings is 2. The molecule has 0 aliphatic rings. The number of amides is 2. The molecule has 8 nitrogen and oxygen atoms in total. The van der Waals surface area contributed by atoms with Crippen LogP contribution in [0, 0.1) is 0 Å². The number of hydrazine groups is 1. The quantitative estimate of drug-likeness (QED) is 0.622. The van der Waals surface area contributed by atoms with E-state index in [1.807, 2.05) is 6.92 Å². The Balaban J connectivity index is 2.05. The lowest BCUT2D eigenvalue weighted by atomic mass is 10.1. The van der Waals surface area contributed by atoms with Crippen LogP contribution in [0.1, 0.15) is 48.4 Å². The van der Waals surface area contributed by atoms with E-state index in [-0.39, 0.29) is 10.5 Å². The van der Waals surface area contributed by atoms with E-state index < -0.39 is 27.4 Å². The maximum atomic E-state index is 12.4. The van der Waals surface area contributed by atoms with E-state index in [1.54, 1.807) is 45.0 Å². The molecule has 0 saturated carbocycles. The number of sulfonamides is 1. The summed E-state index contributed by atoms with van der Waals surface area (Å²) in [7, 11) is -3.79. The second kappa shape index (κ2) is 9.06. The van der Waals surface area contributed by atoms with Gasteiger partial charge < -0.3 is 4.74 Å². The van der Waals surface area contributed by atoms with Crippen molar-refractivity contribution >= 4 is 21.8 Å². The van der Waals surface area contributed by atoms with Crippen LogP contribution in [0.5, 0.6) is 5.75 Å². The molecule has 2 rings (SSSR count). The normalized spacial score (nSPS) is 11.6. The largest absolute Gasteiger partial charge is 0.494 e. The van der Waals surface area contributed by atoms with Gasteiger partial charge in [0.25, 0.3) is 11.8 Å². The van der Waals surface area contributed by atoms with Gasteiger partial charge in [-0.15, -0.1) is 0 Å². The van der Waals surface area contributed by atoms with E-state index in [9.17, 15) is 18.0 Å². The summed E-state index contributed by atoms with van der Waals surface area (Å²) < 4.78 is 32.7. The molecule has 0 atom stereocenters. The first-order valence-corrected chi connectivity index (χ1v) is 10.5. The van der Waals surface area contributed by atoms with E-state index in [0.29, 0.717) is 17.9 Å². The minimum absolute atomic E-state index is 0.0436. The highest BCUT2D eigenvalue weighted by atomic mass is 32.2. The van der Waals surface area contributed by atoms with Gasteiger partial charge in [-0.1, -0.05) is 6.07 Å². The number of ether oxygens (including phenoxy) is 1. The first kappa shape index (κ1) is 22.4. The first-order chi connectivity index (χ1) is 13.5. The molecule has 0 bridgehead atoms. The van der Waals surface area contributed by atoms with Gasteiger partial charge in [0, 0.05) is 16.7 Å². The average molecular weight is 420 g/mol. The van der Waals surface area contributed by atoms with Gasteiger partial charge in [0.1, 0.15) is 5.75 Å². The molecule has 9 heteroatoms. The molecule has 0 fully saturated rings. The summed E-state index contributed by atoms with van der Waals surface area (Å²) in [6.45, 7) is 7.53. The van der Waals surface area contributed by atoms with E-state index in [2.05, 4.69) is 15.6 Å². The highest BCUT2D eigenvalue weighted by Crippen LogP contribution is 2.15. The molecule has 0 aromatic heterocycles. The minimum Gasteiger partial charge on any atom is -0.494 e. The van der Waals surface area contributed by atoms with Crippen molar-refractivity contribution in [2.75, 3.05) is 6.61 Å². The molecular weight excluding hydrogens is 394 g/mol. The Hall–Kier alpha value is -2.91. The van der Waals surface area contributed by atoms with Crippen molar-refractivity contribution in [3.05, 3.63) is 59.7 Å². The zero-order chi connectivity index (χ0) is 21.7. The maximum Gasteiger partial charge on any atom is 0.269 e. The molecule has 0 spiro atoms. The fourth-order valence-electron chi connectivity index (χ4n) is 2.39. The smallest absolute Gasteiger partial charge is 0.269 e. The van der Waals surface area contributed by atoms with Gasteiger partial charge in [-0.05, 0) is 70.2 Å². The summed E-state index contributed by atoms with van der Waals surface area (Å²) in [5.41, 5.74) is 4.34. The third-order valence-corrected chi connectivity index (χ3v) is 5.32. The van der Waals surface area contributed by atoms with Gasteiger partial charge in [0.15, 0.2) is 0 Å². The van der Waals surface area contributed by atoms with Gasteiger partial charge >= 0.3 is 0 Å². The molecule has 0 heterocycles. The van der Waals surface area contributed by atoms with Crippen molar-refractivity contribution in [1.82, 2.24) is 15.6 Å². The van der Waals surface area contributed by atoms with Crippen LogP contribution in [-0.2, 0) is 10.0 Å². The van der Waals surface area contributed by atoms with Crippen molar-refractivity contribution < 1.29 is 22.7 Å². The minimum atomic E-state index is -3.79. The van der Waals surface area contributed by atoms with Gasteiger partial charge in [-0.2, -0.15) is 0 Å². The van der Waals surface area contributed by atoms with Crippen molar-refractivity contribution in [2.24, 2.45) is 0 Å². The first-order valence-electron chi connectivity index (χ1n) is 8.99. The lowest BCUT2D eigenvalue weighted by molar-refractivity contribution is 0.0846. The SMILES string of the molecule is CCOc1ccc(C(=O)NNC(=O)c2cccc(S(=O)(=O)NC(C)(C)C)c2)cc1. The number of hydrogen-bond acceptors (Lipinski definition) is 5. The summed E-state index contributed by atoms with van der Waals surface area (Å²) >= 11 is 0. The number of carbonyl (C=O) groups excluding carboxylic acids is 2. The fraction of sp³-hybridized carbons (Fsp3) is 0.300. The molecular formula is C20H25N3O5S. The summed E-state index contributed by atoms with van der Waals surface area (Å²) in [4.78, 5) is 24.4. The van der Waals surface area contributed by atoms with Crippen molar-refractivity contribution in [3.8, 4) is 5.75 Å². The van der Waals surface area contributed by atoms with Crippen LogP contribution in [0.25, 0.3) is 0 Å². The van der Waals surface area contributed by atoms with Crippen molar-refractivity contribution in [2.45, 2.75) is 38.1 Å². The molecule has 156 valence electrons. The molecule has 3 N–H and O–H groups in total. The highest BCUT2D eigenvalue weighted by Gasteiger charge is 2.22. The van der Waals surface area contributed by atoms with Crippen LogP contribution < -0.4 is 20.3 Å². The van der Waals surface area contributed by atoms with Crippen LogP contribution >= 0.6 is 0 Å². The standard InChI is InChI=1S/C20H25N3O5S/c1-5-28-16-11-9-14(10-12-16)18(24)21-22-19(25)15-7-6-8-17(13-15)29(26,27)23-20(2,3)4/h6-13,23H,5H2,1-4H3,(H,21,24)(H,22,25). The molecule has 2 amide bonds. The third-order valence-electron chi connectivity index (χ3n) is 3.56. The topological polar surface area (TPSA) is 114 Å². The number of carbonyl (C=O) groups is 2. The van der Waals surface area contributed by atoms with Gasteiger partial charge in [-0.3, -0.25) is 20.4 Å². The molecule has 2 aromatic carbocycles. The predicted molar refractivity (Wildman–Crippen MR) is 109 cm³/mol. The molecule has 2 aromatic rings. The fourth-order valence-corrected chi connectivity index (χ4v) is 3.86. The summed E-state index contributed by atoms with van der Waals surface area (Å²) in [5.74, 6) is -0.522. The van der Waals surface area contributed by atoms with Crippen LogP contribution in [0.4, 0.5) is 0 Å². The summed E-state index contributed by atoms with van der Waals surface area (Å²) in [5, 5.41) is 0. The Morgan fingerprint density at radius 1 is 0.931 bits per heavy atom. The second-order valence-corrected chi connectivity index (χ2v) is 8.93. The second-order valence-electron chi connectivity index (χ2n) is 7.25. The molecule has 0 aliphatic heterocycles. The molecule has 0 saturated heterocycles. The maximum absolute atomic E-state index is 12.4. The van der Waals surface area contributed by atoms with E-state index in [4.69, 9.17) is 4.74 Å². The zero-order valence-electron chi connectivity index (χ0n) is 16.8. The lowest BCUT2D eigenvalue weighted by Gasteiger charge is -2.20. The van der Waals surface area contributed by atoms with Crippen LogP contribution in [0.15, 0.2) is 53.4 Å². The van der Waals surface area contributed by atoms with Crippen LogP contribution in [-0.4, -0.2) is 32.4 Å². The Labute approximate surface area is 170 Å². The van der Waals surface area contributed by atoms with E-state index in [1.165, 1.54) is 24.3 Å². The highest BCUT2D eigenvalue weighted by molar-refractivity contribution is 7.89. The number of nitrogens with one attached hydrogen (secondary N) is 3. The third kappa shape index (κ3) is 6.58. The van der Waals surface area contributed by atoms with Crippen LogP contribution in [0.2, 0.25) is 0 Å². The van der Waals surface area contributed by atoms with Gasteiger partial charge in [0.2, 0.25) is 10.0 Å². The predicted octanol–water partition coefficient (Wildman–Crippen LogP) is 2.24. The number of hydrogen-bond donors (Lipinski definition) is 3. The Kier molecular flexibility index (Phi) is 6.99. The Morgan fingerprint density at radius 3 is 2.07 bits per heavy atom. The number of rotatable bonds is 6. The average Bonchev–Trinajstić information content (AvgIpc) is 2.65. The van der Waals surface area contributed by atoms with Crippen molar-refractivity contribution in [3.63, 3.8) is 0 Å². The Morgan fingerprint density at radius 2 is 1.52 bits per heavy atom. The molecule has 0 unspecified atom stereocenters. The molecule has 29 heavy (non-hydrogen) atoms.